The fourth-order valence-electron chi connectivity index (χ4n) is 2.13. The van der Waals surface area contributed by atoms with Crippen molar-refractivity contribution >= 4 is 5.91 Å². The summed E-state index contributed by atoms with van der Waals surface area (Å²) < 4.78 is 5.53. The van der Waals surface area contributed by atoms with Gasteiger partial charge in [-0.3, -0.25) is 4.79 Å². The highest BCUT2D eigenvalue weighted by Crippen LogP contribution is 2.15. The molecular formula is C16H25NO3. The molecule has 0 aromatic heterocycles. The van der Waals surface area contributed by atoms with Crippen LogP contribution in [0.5, 0.6) is 5.75 Å². The second-order valence-corrected chi connectivity index (χ2v) is 5.89. The van der Waals surface area contributed by atoms with Gasteiger partial charge in [-0.1, -0.05) is 32.0 Å². The highest BCUT2D eigenvalue weighted by atomic mass is 16.5. The number of hydrogen-bond acceptors (Lipinski definition) is 3. The molecule has 0 spiro atoms. The molecule has 2 unspecified atom stereocenters. The van der Waals surface area contributed by atoms with Gasteiger partial charge in [0.25, 0.3) is 5.91 Å². The number of benzene rings is 1. The monoisotopic (exact) mass is 279 g/mol. The molecule has 2 atom stereocenters. The van der Waals surface area contributed by atoms with Crippen LogP contribution in [0.3, 0.4) is 0 Å². The minimum atomic E-state index is -0.893. The first-order valence-corrected chi connectivity index (χ1v) is 7.02. The fraction of sp³-hybridized carbons (Fsp3) is 0.562. The van der Waals surface area contributed by atoms with Gasteiger partial charge in [0.05, 0.1) is 5.60 Å². The number of carbonyl (C=O) groups excluding carboxylic acids is 1. The van der Waals surface area contributed by atoms with Gasteiger partial charge in [0.2, 0.25) is 0 Å². The summed E-state index contributed by atoms with van der Waals surface area (Å²) in [4.78, 5) is 11.9. The third-order valence-electron chi connectivity index (χ3n) is 2.92. The molecule has 0 heterocycles. The maximum atomic E-state index is 11.9. The Kier molecular flexibility index (Phi) is 6.02. The van der Waals surface area contributed by atoms with E-state index in [0.29, 0.717) is 18.1 Å². The number of amides is 1. The van der Waals surface area contributed by atoms with Crippen molar-refractivity contribution in [3.63, 3.8) is 0 Å². The van der Waals surface area contributed by atoms with Crippen molar-refractivity contribution in [2.75, 3.05) is 6.54 Å². The summed E-state index contributed by atoms with van der Waals surface area (Å²) in [5.41, 5.74) is -0.893. The summed E-state index contributed by atoms with van der Waals surface area (Å²) in [6.07, 6.45) is 0.0496. The molecule has 0 aliphatic rings. The smallest absolute Gasteiger partial charge is 0.260 e. The Morgan fingerprint density at radius 3 is 2.45 bits per heavy atom. The van der Waals surface area contributed by atoms with Crippen LogP contribution in [-0.2, 0) is 4.79 Å². The third-order valence-corrected chi connectivity index (χ3v) is 2.92. The second kappa shape index (κ2) is 7.29. The molecule has 2 N–H and O–H groups in total. The van der Waals surface area contributed by atoms with Crippen molar-refractivity contribution in [2.45, 2.75) is 45.8 Å². The van der Waals surface area contributed by atoms with Crippen LogP contribution >= 0.6 is 0 Å². The molecule has 0 radical (unpaired) electrons. The zero-order valence-corrected chi connectivity index (χ0v) is 12.7. The van der Waals surface area contributed by atoms with Crippen LogP contribution in [0, 0.1) is 5.92 Å². The van der Waals surface area contributed by atoms with Crippen molar-refractivity contribution in [3.8, 4) is 5.75 Å². The van der Waals surface area contributed by atoms with Crippen LogP contribution in [0.4, 0.5) is 0 Å². The first-order valence-electron chi connectivity index (χ1n) is 7.02. The summed E-state index contributed by atoms with van der Waals surface area (Å²) in [6.45, 7) is 7.73. The van der Waals surface area contributed by atoms with Gasteiger partial charge in [0, 0.05) is 6.54 Å². The number of hydrogen-bond donors (Lipinski definition) is 2. The number of rotatable bonds is 7. The molecule has 0 saturated carbocycles. The molecule has 0 aliphatic carbocycles. The lowest BCUT2D eigenvalue weighted by Crippen LogP contribution is -2.45. The van der Waals surface area contributed by atoms with Crippen molar-refractivity contribution in [2.24, 2.45) is 5.92 Å². The summed E-state index contributed by atoms with van der Waals surface area (Å²) in [5.74, 6) is 0.807. The Hall–Kier alpha value is -1.55. The predicted octanol–water partition coefficient (Wildman–Crippen LogP) is 2.37. The van der Waals surface area contributed by atoms with E-state index in [-0.39, 0.29) is 12.5 Å². The number of aliphatic hydroxyl groups is 1. The van der Waals surface area contributed by atoms with E-state index >= 15 is 0 Å². The van der Waals surface area contributed by atoms with Gasteiger partial charge in [-0.25, -0.2) is 0 Å². The van der Waals surface area contributed by atoms with Gasteiger partial charge < -0.3 is 15.2 Å². The lowest BCUT2D eigenvalue weighted by molar-refractivity contribution is -0.128. The van der Waals surface area contributed by atoms with Gasteiger partial charge in [0.15, 0.2) is 6.10 Å². The van der Waals surface area contributed by atoms with Crippen molar-refractivity contribution in [1.82, 2.24) is 5.32 Å². The number of carbonyl (C=O) groups is 1. The Balaban J connectivity index is 2.42. The molecule has 0 saturated heterocycles. The highest BCUT2D eigenvalue weighted by molar-refractivity contribution is 5.80. The van der Waals surface area contributed by atoms with E-state index < -0.39 is 11.7 Å². The molecule has 1 aromatic rings. The van der Waals surface area contributed by atoms with Gasteiger partial charge in [-0.2, -0.15) is 0 Å². The standard InChI is InChI=1S/C16H25NO3/c1-12(2)10-16(4,19)11-17-15(18)13(3)20-14-8-6-5-7-9-14/h5-9,12-13,19H,10-11H2,1-4H3,(H,17,18). The quantitative estimate of drug-likeness (QED) is 0.805. The van der Waals surface area contributed by atoms with Crippen LogP contribution in [0.2, 0.25) is 0 Å². The molecule has 4 heteroatoms. The first-order chi connectivity index (χ1) is 9.30. The molecule has 112 valence electrons. The molecule has 0 bridgehead atoms. The molecule has 20 heavy (non-hydrogen) atoms. The molecule has 0 aliphatic heterocycles. The van der Waals surface area contributed by atoms with E-state index in [1.807, 2.05) is 32.0 Å². The fourth-order valence-corrected chi connectivity index (χ4v) is 2.13. The Labute approximate surface area is 121 Å². The van der Waals surface area contributed by atoms with Crippen molar-refractivity contribution in [3.05, 3.63) is 30.3 Å². The average Bonchev–Trinajstić information content (AvgIpc) is 2.35. The Morgan fingerprint density at radius 1 is 1.30 bits per heavy atom. The van der Waals surface area contributed by atoms with Crippen LogP contribution in [0.1, 0.15) is 34.1 Å². The highest BCUT2D eigenvalue weighted by Gasteiger charge is 2.24. The lowest BCUT2D eigenvalue weighted by Gasteiger charge is -2.26. The number of ether oxygens (including phenoxy) is 1. The van der Waals surface area contributed by atoms with E-state index in [0.717, 1.165) is 0 Å². The minimum absolute atomic E-state index is 0.224. The first kappa shape index (κ1) is 16.5. The Bertz CT molecular complexity index is 415. The van der Waals surface area contributed by atoms with Gasteiger partial charge in [-0.05, 0) is 38.3 Å². The van der Waals surface area contributed by atoms with Gasteiger partial charge in [0.1, 0.15) is 5.75 Å². The van der Waals surface area contributed by atoms with E-state index in [1.165, 1.54) is 0 Å². The normalized spacial score (nSPS) is 15.5. The van der Waals surface area contributed by atoms with Crippen LogP contribution < -0.4 is 10.1 Å². The van der Waals surface area contributed by atoms with Crippen molar-refractivity contribution < 1.29 is 14.6 Å². The zero-order valence-electron chi connectivity index (χ0n) is 12.7. The van der Waals surface area contributed by atoms with Crippen LogP contribution in [0.15, 0.2) is 30.3 Å². The summed E-state index contributed by atoms with van der Waals surface area (Å²) in [5, 5.41) is 12.9. The molecule has 1 rings (SSSR count). The lowest BCUT2D eigenvalue weighted by atomic mass is 9.94. The van der Waals surface area contributed by atoms with E-state index in [2.05, 4.69) is 5.32 Å². The largest absolute Gasteiger partial charge is 0.481 e. The Morgan fingerprint density at radius 2 is 1.90 bits per heavy atom. The summed E-state index contributed by atoms with van der Waals surface area (Å²) in [7, 11) is 0. The molecule has 1 aromatic carbocycles. The number of para-hydroxylation sites is 1. The minimum Gasteiger partial charge on any atom is -0.481 e. The zero-order chi connectivity index (χ0) is 15.2. The second-order valence-electron chi connectivity index (χ2n) is 5.89. The molecular weight excluding hydrogens is 254 g/mol. The molecule has 0 fully saturated rings. The van der Waals surface area contributed by atoms with Crippen LogP contribution in [-0.4, -0.2) is 29.3 Å². The predicted molar refractivity (Wildman–Crippen MR) is 79.6 cm³/mol. The molecule has 1 amide bonds. The van der Waals surface area contributed by atoms with Gasteiger partial charge >= 0.3 is 0 Å². The topological polar surface area (TPSA) is 58.6 Å². The average molecular weight is 279 g/mol. The summed E-state index contributed by atoms with van der Waals surface area (Å²) >= 11 is 0. The van der Waals surface area contributed by atoms with Crippen LogP contribution in [0.25, 0.3) is 0 Å². The maximum absolute atomic E-state index is 11.9. The van der Waals surface area contributed by atoms with Gasteiger partial charge in [-0.15, -0.1) is 0 Å². The molecule has 4 nitrogen and oxygen atoms in total. The van der Waals surface area contributed by atoms with Crippen molar-refractivity contribution in [1.29, 1.82) is 0 Å². The van der Waals surface area contributed by atoms with E-state index in [9.17, 15) is 9.90 Å². The SMILES string of the molecule is CC(C)CC(C)(O)CNC(=O)C(C)Oc1ccccc1. The third kappa shape index (κ3) is 6.06. The van der Waals surface area contributed by atoms with E-state index in [1.54, 1.807) is 26.0 Å². The number of nitrogens with one attached hydrogen (secondary N) is 1. The van der Waals surface area contributed by atoms with E-state index in [4.69, 9.17) is 4.74 Å². The maximum Gasteiger partial charge on any atom is 0.260 e. The summed E-state index contributed by atoms with van der Waals surface area (Å²) in [6, 6.07) is 9.21.